The number of carbonyl (C=O) groups is 2. The van der Waals surface area contributed by atoms with Gasteiger partial charge in [-0.1, -0.05) is 268 Å². The first kappa shape index (κ1) is 61.6. The molecular weight excluding hydrogens is 789 g/mol. The normalized spacial score (nSPS) is 12.6. The van der Waals surface area contributed by atoms with Gasteiger partial charge < -0.3 is 14.2 Å². The molecule has 1 atom stereocenters. The molecule has 0 aromatic heterocycles. The van der Waals surface area contributed by atoms with E-state index in [4.69, 9.17) is 14.2 Å². The third kappa shape index (κ3) is 52.2. The van der Waals surface area contributed by atoms with Gasteiger partial charge >= 0.3 is 11.9 Å². The molecule has 0 N–H and O–H groups in total. The summed E-state index contributed by atoms with van der Waals surface area (Å²) in [5.41, 5.74) is 0. The van der Waals surface area contributed by atoms with Gasteiger partial charge in [0.15, 0.2) is 0 Å². The van der Waals surface area contributed by atoms with Gasteiger partial charge in [-0.05, 0) is 57.8 Å². The molecule has 5 nitrogen and oxygen atoms in total. The molecule has 0 saturated heterocycles. The topological polar surface area (TPSA) is 61.8 Å². The van der Waals surface area contributed by atoms with Crippen LogP contribution in [0.5, 0.6) is 0 Å². The van der Waals surface area contributed by atoms with Crippen LogP contribution >= 0.6 is 0 Å². The van der Waals surface area contributed by atoms with Gasteiger partial charge in [0.2, 0.25) is 0 Å². The van der Waals surface area contributed by atoms with E-state index in [-0.39, 0.29) is 25.2 Å². The second kappa shape index (κ2) is 54.9. The van der Waals surface area contributed by atoms with E-state index in [1.165, 1.54) is 173 Å². The van der Waals surface area contributed by atoms with E-state index >= 15 is 0 Å². The Labute approximate surface area is 398 Å². The van der Waals surface area contributed by atoms with Gasteiger partial charge in [0.05, 0.1) is 0 Å². The number of hydrogen-bond donors (Lipinski definition) is 0. The fraction of sp³-hybridized carbons (Fsp3) is 0.797. The Morgan fingerprint density at radius 3 is 1.00 bits per heavy atom. The molecule has 0 aromatic carbocycles. The van der Waals surface area contributed by atoms with E-state index < -0.39 is 6.10 Å². The van der Waals surface area contributed by atoms with Gasteiger partial charge in [0.1, 0.15) is 19.3 Å². The van der Waals surface area contributed by atoms with E-state index in [0.717, 1.165) is 70.6 Å². The summed E-state index contributed by atoms with van der Waals surface area (Å²) in [6, 6.07) is 0. The highest BCUT2D eigenvalue weighted by atomic mass is 16.6. The maximum Gasteiger partial charge on any atom is 0.305 e. The molecule has 0 aliphatic carbocycles. The first-order chi connectivity index (χ1) is 31.6. The number of hydrogen-bond acceptors (Lipinski definition) is 5. The van der Waals surface area contributed by atoms with Gasteiger partial charge in [0, 0.05) is 19.4 Å². The molecule has 0 aromatic rings. The number of unbranched alkanes of at least 4 members (excludes halogenated alkanes) is 30. The Morgan fingerprint density at radius 2 is 0.641 bits per heavy atom. The highest BCUT2D eigenvalue weighted by molar-refractivity contribution is 5.69. The smallest absolute Gasteiger partial charge is 0.305 e. The van der Waals surface area contributed by atoms with Crippen LogP contribution in [0.4, 0.5) is 0 Å². The van der Waals surface area contributed by atoms with Crippen LogP contribution in [0.25, 0.3) is 0 Å². The molecule has 0 radical (unpaired) electrons. The first-order valence-electron chi connectivity index (χ1n) is 27.8. The first-order valence-corrected chi connectivity index (χ1v) is 27.8. The van der Waals surface area contributed by atoms with Crippen molar-refractivity contribution in [2.24, 2.45) is 0 Å². The zero-order chi connectivity index (χ0) is 46.3. The van der Waals surface area contributed by atoms with Crippen molar-refractivity contribution in [1.82, 2.24) is 0 Å². The van der Waals surface area contributed by atoms with Crippen molar-refractivity contribution < 1.29 is 23.8 Å². The summed E-state index contributed by atoms with van der Waals surface area (Å²) in [7, 11) is 0. The lowest BCUT2D eigenvalue weighted by Gasteiger charge is -2.18. The minimum atomic E-state index is -0.420. The van der Waals surface area contributed by atoms with Crippen LogP contribution in [-0.4, -0.2) is 37.9 Å². The fourth-order valence-electron chi connectivity index (χ4n) is 7.93. The highest BCUT2D eigenvalue weighted by Gasteiger charge is 2.16. The van der Waals surface area contributed by atoms with Crippen molar-refractivity contribution in [3.05, 3.63) is 60.8 Å². The monoisotopic (exact) mass is 895 g/mol. The number of ether oxygens (including phenoxy) is 3. The Kier molecular flexibility index (Phi) is 52.9. The molecule has 0 unspecified atom stereocenters. The molecule has 0 heterocycles. The standard InChI is InChI=1S/C59H106O5/c1-4-7-10-13-16-19-22-25-28-30-32-35-38-41-44-47-50-53-59(61)64-56-57(62-54-51-48-45-42-39-36-33-29-26-23-20-17-14-11-8-5-2)55-63-58(60)52-49-46-43-40-37-34-31-27-24-21-18-15-12-9-6-3/h7,10,16,19,25,28,32,35,41,44,57H,4-6,8-9,11-15,17-18,20-24,26-27,29-31,33-34,36-40,42-43,45-56H2,1-3H3/b10-7-,19-16-,28-25-,35-32-,44-41-/t57-/m0/s1. The summed E-state index contributed by atoms with van der Waals surface area (Å²) in [6.07, 6.45) is 69.8. The summed E-state index contributed by atoms with van der Waals surface area (Å²) >= 11 is 0. The molecule has 64 heavy (non-hydrogen) atoms. The summed E-state index contributed by atoms with van der Waals surface area (Å²) in [5, 5.41) is 0. The molecule has 0 aliphatic heterocycles. The van der Waals surface area contributed by atoms with Crippen LogP contribution in [0, 0.1) is 0 Å². The number of carbonyl (C=O) groups excluding carboxylic acids is 2. The Balaban J connectivity index is 4.32. The SMILES string of the molecule is CC/C=C\C/C=C\C/C=C\C/C=C\C/C=C\CCCC(=O)OC[C@H](COC(=O)CCCCCCCCCCCCCCCCC)OCCCCCCCCCCCCCCCCCC. The van der Waals surface area contributed by atoms with Crippen molar-refractivity contribution >= 4 is 11.9 Å². The molecule has 5 heteroatoms. The summed E-state index contributed by atoms with van der Waals surface area (Å²) in [6.45, 7) is 7.60. The number of allylic oxidation sites excluding steroid dienone is 10. The molecule has 0 spiro atoms. The van der Waals surface area contributed by atoms with Crippen LogP contribution in [-0.2, 0) is 23.8 Å². The molecule has 0 saturated carbocycles. The van der Waals surface area contributed by atoms with E-state index in [9.17, 15) is 9.59 Å². The Hall–Kier alpha value is -2.40. The van der Waals surface area contributed by atoms with Crippen molar-refractivity contribution in [2.45, 2.75) is 284 Å². The minimum Gasteiger partial charge on any atom is -0.463 e. The second-order valence-electron chi connectivity index (χ2n) is 18.5. The lowest BCUT2D eigenvalue weighted by molar-refractivity contribution is -0.155. The molecule has 0 bridgehead atoms. The molecule has 0 fully saturated rings. The van der Waals surface area contributed by atoms with Crippen LogP contribution in [0.1, 0.15) is 278 Å². The second-order valence-corrected chi connectivity index (χ2v) is 18.5. The van der Waals surface area contributed by atoms with Gasteiger partial charge in [0.25, 0.3) is 0 Å². The number of rotatable bonds is 51. The van der Waals surface area contributed by atoms with Crippen LogP contribution in [0.2, 0.25) is 0 Å². The van der Waals surface area contributed by atoms with E-state index in [0.29, 0.717) is 19.4 Å². The molecule has 0 aliphatic rings. The van der Waals surface area contributed by atoms with E-state index in [1.807, 2.05) is 0 Å². The zero-order valence-electron chi connectivity index (χ0n) is 42.8. The molecule has 372 valence electrons. The number of esters is 2. The van der Waals surface area contributed by atoms with Crippen LogP contribution in [0.15, 0.2) is 60.8 Å². The zero-order valence-corrected chi connectivity index (χ0v) is 42.8. The van der Waals surface area contributed by atoms with E-state index in [2.05, 4.69) is 81.5 Å². The van der Waals surface area contributed by atoms with Crippen LogP contribution < -0.4 is 0 Å². The molecule has 0 rings (SSSR count). The molecule has 0 amide bonds. The predicted octanol–water partition coefficient (Wildman–Crippen LogP) is 18.9. The maximum atomic E-state index is 12.6. The third-order valence-corrected chi connectivity index (χ3v) is 12.1. The Bertz CT molecular complexity index is 1100. The summed E-state index contributed by atoms with van der Waals surface area (Å²) in [4.78, 5) is 25.2. The van der Waals surface area contributed by atoms with Gasteiger partial charge in [-0.25, -0.2) is 0 Å². The van der Waals surface area contributed by atoms with Crippen LogP contribution in [0.3, 0.4) is 0 Å². The average molecular weight is 895 g/mol. The largest absolute Gasteiger partial charge is 0.463 e. The third-order valence-electron chi connectivity index (χ3n) is 12.1. The minimum absolute atomic E-state index is 0.131. The lowest BCUT2D eigenvalue weighted by Crippen LogP contribution is -2.29. The summed E-state index contributed by atoms with van der Waals surface area (Å²) in [5.74, 6) is -0.387. The maximum absolute atomic E-state index is 12.6. The summed E-state index contributed by atoms with van der Waals surface area (Å²) < 4.78 is 17.4. The van der Waals surface area contributed by atoms with Gasteiger partial charge in [-0.3, -0.25) is 9.59 Å². The highest BCUT2D eigenvalue weighted by Crippen LogP contribution is 2.16. The lowest BCUT2D eigenvalue weighted by atomic mass is 10.0. The van der Waals surface area contributed by atoms with Crippen molar-refractivity contribution in [3.8, 4) is 0 Å². The van der Waals surface area contributed by atoms with E-state index in [1.54, 1.807) is 0 Å². The predicted molar refractivity (Wildman–Crippen MR) is 279 cm³/mol. The van der Waals surface area contributed by atoms with Gasteiger partial charge in [-0.15, -0.1) is 0 Å². The fourth-order valence-corrected chi connectivity index (χ4v) is 7.93. The Morgan fingerprint density at radius 1 is 0.344 bits per heavy atom. The van der Waals surface area contributed by atoms with Crippen molar-refractivity contribution in [2.75, 3.05) is 19.8 Å². The van der Waals surface area contributed by atoms with Crippen molar-refractivity contribution in [1.29, 1.82) is 0 Å². The molecular formula is C59H106O5. The average Bonchev–Trinajstić information content (AvgIpc) is 3.30. The van der Waals surface area contributed by atoms with Crippen molar-refractivity contribution in [3.63, 3.8) is 0 Å². The van der Waals surface area contributed by atoms with Gasteiger partial charge in [-0.2, -0.15) is 0 Å². The quantitative estimate of drug-likeness (QED) is 0.0346.